The summed E-state index contributed by atoms with van der Waals surface area (Å²) in [6.07, 6.45) is 51.3. The average molecular weight is 778 g/mol. The summed E-state index contributed by atoms with van der Waals surface area (Å²) in [5.74, 6) is -1.89. The fourth-order valence-electron chi connectivity index (χ4n) is 5.27. The lowest BCUT2D eigenvalue weighted by molar-refractivity contribution is -0.889. The molecule has 0 rings (SSSR count). The van der Waals surface area contributed by atoms with E-state index in [1.165, 1.54) is 0 Å². The number of hydrogen-bond donors (Lipinski definition) is 0. The van der Waals surface area contributed by atoms with E-state index in [0.29, 0.717) is 6.42 Å². The van der Waals surface area contributed by atoms with E-state index in [1.807, 2.05) is 24.3 Å². The molecule has 0 amide bonds. The van der Waals surface area contributed by atoms with Crippen molar-refractivity contribution in [1.82, 2.24) is 0 Å². The maximum atomic E-state index is 12.7. The Balaban J connectivity index is 4.54. The van der Waals surface area contributed by atoms with Crippen molar-refractivity contribution in [3.8, 4) is 0 Å². The van der Waals surface area contributed by atoms with Crippen molar-refractivity contribution in [2.75, 3.05) is 41.0 Å². The Morgan fingerprint density at radius 1 is 0.554 bits per heavy atom. The summed E-state index contributed by atoms with van der Waals surface area (Å²) in [6.45, 7) is 4.27. The highest BCUT2D eigenvalue weighted by Gasteiger charge is 2.25. The van der Waals surface area contributed by atoms with Crippen LogP contribution in [0.3, 0.4) is 0 Å². The first-order valence-electron chi connectivity index (χ1n) is 20.9. The van der Waals surface area contributed by atoms with Gasteiger partial charge in [0.05, 0.1) is 40.3 Å². The maximum Gasteiger partial charge on any atom is 0.306 e. The van der Waals surface area contributed by atoms with Crippen molar-refractivity contribution < 1.29 is 38.2 Å². The second-order valence-electron chi connectivity index (χ2n) is 14.5. The van der Waals surface area contributed by atoms with Crippen molar-refractivity contribution >= 4 is 17.9 Å². The second kappa shape index (κ2) is 37.9. The fraction of sp³-hybridized carbons (Fsp3) is 0.562. The molecule has 0 N–H and O–H groups in total. The van der Waals surface area contributed by atoms with Gasteiger partial charge in [0.25, 0.3) is 0 Å². The van der Waals surface area contributed by atoms with Gasteiger partial charge in [-0.2, -0.15) is 0 Å². The van der Waals surface area contributed by atoms with Crippen LogP contribution in [0.2, 0.25) is 0 Å². The molecule has 0 aromatic heterocycles. The van der Waals surface area contributed by atoms with Crippen LogP contribution in [0.5, 0.6) is 0 Å². The van der Waals surface area contributed by atoms with Gasteiger partial charge in [0, 0.05) is 19.3 Å². The molecule has 2 atom stereocenters. The lowest BCUT2D eigenvalue weighted by atomic mass is 10.1. The van der Waals surface area contributed by atoms with Crippen LogP contribution in [0.1, 0.15) is 123 Å². The zero-order chi connectivity index (χ0) is 41.4. The summed E-state index contributed by atoms with van der Waals surface area (Å²) in [4.78, 5) is 36.8. The monoisotopic (exact) mass is 778 g/mol. The number of carbonyl (C=O) groups excluding carboxylic acids is 3. The van der Waals surface area contributed by atoms with Gasteiger partial charge in [-0.05, 0) is 70.6 Å². The normalized spacial score (nSPS) is 14.1. The number of carbonyl (C=O) groups is 3. The van der Waals surface area contributed by atoms with E-state index in [4.69, 9.17) is 14.2 Å². The Hall–Kier alpha value is -4.01. The summed E-state index contributed by atoms with van der Waals surface area (Å²) in [5, 5.41) is 11.6. The minimum Gasteiger partial charge on any atom is -0.544 e. The third kappa shape index (κ3) is 35.7. The second-order valence-corrected chi connectivity index (χ2v) is 14.5. The zero-order valence-corrected chi connectivity index (χ0v) is 35.5. The number of quaternary nitrogens is 1. The number of nitrogens with zero attached hydrogens (tertiary/aromatic N) is 1. The van der Waals surface area contributed by atoms with Crippen LogP contribution >= 0.6 is 0 Å². The van der Waals surface area contributed by atoms with Gasteiger partial charge in [0.2, 0.25) is 0 Å². The number of ether oxygens (including phenoxy) is 3. The van der Waals surface area contributed by atoms with E-state index >= 15 is 0 Å². The highest BCUT2D eigenvalue weighted by molar-refractivity contribution is 5.70. The first-order valence-corrected chi connectivity index (χ1v) is 20.9. The van der Waals surface area contributed by atoms with Crippen LogP contribution in [-0.2, 0) is 28.6 Å². The number of rotatable bonds is 35. The maximum absolute atomic E-state index is 12.7. The molecule has 8 heteroatoms. The van der Waals surface area contributed by atoms with Crippen molar-refractivity contribution in [1.29, 1.82) is 0 Å². The molecule has 8 nitrogen and oxygen atoms in total. The van der Waals surface area contributed by atoms with Gasteiger partial charge in [0.15, 0.2) is 6.10 Å². The molecule has 0 saturated carbocycles. The van der Waals surface area contributed by atoms with Gasteiger partial charge in [-0.3, -0.25) is 9.59 Å². The molecule has 0 radical (unpaired) electrons. The number of carboxylic acids is 1. The molecule has 0 aliphatic carbocycles. The third-order valence-corrected chi connectivity index (χ3v) is 8.48. The van der Waals surface area contributed by atoms with Crippen LogP contribution in [0.25, 0.3) is 0 Å². The number of unbranched alkanes of at least 4 members (excludes halogenated alkanes) is 5. The molecule has 0 bridgehead atoms. The van der Waals surface area contributed by atoms with Gasteiger partial charge in [-0.25, -0.2) is 0 Å². The lowest BCUT2D eigenvalue weighted by Gasteiger charge is -2.34. The summed E-state index contributed by atoms with van der Waals surface area (Å²) in [7, 11) is 5.36. The van der Waals surface area contributed by atoms with Crippen molar-refractivity contribution in [3.63, 3.8) is 0 Å². The zero-order valence-electron chi connectivity index (χ0n) is 35.5. The molecule has 0 saturated heterocycles. The number of carboxylic acid groups (broad SMARTS) is 1. The van der Waals surface area contributed by atoms with Gasteiger partial charge in [0.1, 0.15) is 12.6 Å². The lowest BCUT2D eigenvalue weighted by Crippen LogP contribution is -2.55. The van der Waals surface area contributed by atoms with E-state index in [9.17, 15) is 19.5 Å². The van der Waals surface area contributed by atoms with Gasteiger partial charge in [-0.15, -0.1) is 0 Å². The van der Waals surface area contributed by atoms with E-state index in [2.05, 4.69) is 98.9 Å². The van der Waals surface area contributed by atoms with Gasteiger partial charge >= 0.3 is 11.9 Å². The predicted octanol–water partition coefficient (Wildman–Crippen LogP) is 9.96. The van der Waals surface area contributed by atoms with Crippen molar-refractivity contribution in [2.45, 2.75) is 135 Å². The van der Waals surface area contributed by atoms with E-state index in [1.54, 1.807) is 21.1 Å². The number of esters is 2. The van der Waals surface area contributed by atoms with E-state index in [0.717, 1.165) is 83.5 Å². The standard InChI is InChI=1S/C48H75NO7/c1-6-8-10-12-14-16-18-20-21-22-23-24-25-27-28-30-32-34-36-38-46(50)55-43-44(42-54-41-40-45(48(52)53)49(3,4)5)56-47(51)39-37-35-33-31-29-26-19-17-15-13-11-9-7-2/h8-11,13-17,19-21,23-24,27-28,32,34,44-45H,6-7,12,18,22,25-26,29-31,33,35-43H2,1-5H3/b10-8+,11-9+,15-13+,16-14+,19-17+,21-20+,24-23+,28-27+,34-32+. The smallest absolute Gasteiger partial charge is 0.306 e. The molecule has 0 aromatic carbocycles. The molecule has 2 unspecified atom stereocenters. The predicted molar refractivity (Wildman–Crippen MR) is 231 cm³/mol. The minimum absolute atomic E-state index is 0.000673. The quantitative estimate of drug-likeness (QED) is 0.0208. The Morgan fingerprint density at radius 2 is 1.07 bits per heavy atom. The van der Waals surface area contributed by atoms with Crippen LogP contribution in [0.4, 0.5) is 0 Å². The van der Waals surface area contributed by atoms with Gasteiger partial charge < -0.3 is 28.6 Å². The molecule has 56 heavy (non-hydrogen) atoms. The third-order valence-electron chi connectivity index (χ3n) is 8.48. The molecular formula is C48H75NO7. The summed E-state index contributed by atoms with van der Waals surface area (Å²) >= 11 is 0. The molecule has 0 heterocycles. The van der Waals surface area contributed by atoms with Crippen LogP contribution in [-0.4, -0.2) is 75.5 Å². The van der Waals surface area contributed by atoms with E-state index < -0.39 is 18.1 Å². The molecule has 0 aliphatic rings. The number of allylic oxidation sites excluding steroid dienone is 18. The molecular weight excluding hydrogens is 703 g/mol. The van der Waals surface area contributed by atoms with Crippen LogP contribution < -0.4 is 5.11 Å². The average Bonchev–Trinajstić information content (AvgIpc) is 3.15. The van der Waals surface area contributed by atoms with Crippen molar-refractivity contribution in [3.05, 3.63) is 109 Å². The molecule has 0 aromatic rings. The first kappa shape index (κ1) is 52.0. The minimum atomic E-state index is -1.14. The largest absolute Gasteiger partial charge is 0.544 e. The summed E-state index contributed by atoms with van der Waals surface area (Å²) < 4.78 is 17.0. The highest BCUT2D eigenvalue weighted by Crippen LogP contribution is 2.11. The highest BCUT2D eigenvalue weighted by atomic mass is 16.6. The molecule has 314 valence electrons. The van der Waals surface area contributed by atoms with Crippen LogP contribution in [0.15, 0.2) is 109 Å². The van der Waals surface area contributed by atoms with Crippen molar-refractivity contribution in [2.24, 2.45) is 0 Å². The number of aliphatic carboxylic acids is 1. The van der Waals surface area contributed by atoms with E-state index in [-0.39, 0.29) is 55.5 Å². The first-order chi connectivity index (χ1) is 27.1. The Bertz CT molecular complexity index is 1280. The number of likely N-dealkylation sites (N-methyl/N-ethyl adjacent to an activating group) is 1. The topological polar surface area (TPSA) is 102 Å². The van der Waals surface area contributed by atoms with Crippen LogP contribution in [0, 0.1) is 0 Å². The molecule has 0 spiro atoms. The Kier molecular flexibility index (Phi) is 35.2. The Morgan fingerprint density at radius 3 is 1.62 bits per heavy atom. The summed E-state index contributed by atoms with van der Waals surface area (Å²) in [6, 6.07) is -0.747. The number of hydrogen-bond acceptors (Lipinski definition) is 7. The SMILES string of the molecule is CC/C=C/C=C/C=C/CCCCCCCC(=O)OC(COCCC(C(=O)[O-])[N+](C)(C)C)COC(=O)CC/C=C/C/C=C/C/C=C/C/C=C/C/C=C/C/C=C/CC. The summed E-state index contributed by atoms with van der Waals surface area (Å²) in [5.41, 5.74) is 0. The molecule has 0 fully saturated rings. The molecule has 0 aliphatic heterocycles. The Labute approximate surface area is 340 Å². The van der Waals surface area contributed by atoms with Gasteiger partial charge in [-0.1, -0.05) is 142 Å². The fourth-order valence-corrected chi connectivity index (χ4v) is 5.27.